The van der Waals surface area contributed by atoms with Gasteiger partial charge in [0.25, 0.3) is 0 Å². The zero-order chi connectivity index (χ0) is 17.8. The summed E-state index contributed by atoms with van der Waals surface area (Å²) in [6.45, 7) is 2.26. The Labute approximate surface area is 150 Å². The van der Waals surface area contributed by atoms with E-state index in [4.69, 9.17) is 9.26 Å². The summed E-state index contributed by atoms with van der Waals surface area (Å²) in [5, 5.41) is 3.99. The van der Waals surface area contributed by atoms with E-state index in [9.17, 15) is 4.39 Å². The monoisotopic (exact) mass is 354 g/mol. The van der Waals surface area contributed by atoms with Gasteiger partial charge in [-0.05, 0) is 37.1 Å². The molecule has 4 rings (SSSR count). The van der Waals surface area contributed by atoms with Crippen molar-refractivity contribution in [1.82, 2.24) is 20.0 Å². The summed E-state index contributed by atoms with van der Waals surface area (Å²) in [6.07, 6.45) is 3.38. The topological polar surface area (TPSA) is 64.3 Å². The number of para-hydroxylation sites is 1. The fourth-order valence-corrected chi connectivity index (χ4v) is 3.01. The van der Waals surface area contributed by atoms with Crippen LogP contribution < -0.4 is 4.74 Å². The minimum absolute atomic E-state index is 0.0231. The lowest BCUT2D eigenvalue weighted by Gasteiger charge is -2.31. The average molecular weight is 354 g/mol. The van der Waals surface area contributed by atoms with Crippen LogP contribution in [0.5, 0.6) is 5.75 Å². The Morgan fingerprint density at radius 1 is 1.12 bits per heavy atom. The van der Waals surface area contributed by atoms with Gasteiger partial charge in [-0.1, -0.05) is 23.4 Å². The first kappa shape index (κ1) is 16.7. The summed E-state index contributed by atoms with van der Waals surface area (Å²) in [6, 6.07) is 12.1. The Morgan fingerprint density at radius 3 is 2.69 bits per heavy atom. The minimum Gasteiger partial charge on any atom is -0.487 e. The van der Waals surface area contributed by atoms with Crippen molar-refractivity contribution in [3.8, 4) is 17.3 Å². The van der Waals surface area contributed by atoms with Gasteiger partial charge in [-0.2, -0.15) is 4.98 Å². The molecule has 0 atom stereocenters. The van der Waals surface area contributed by atoms with Gasteiger partial charge in [0.1, 0.15) is 11.8 Å². The largest absolute Gasteiger partial charge is 0.487 e. The van der Waals surface area contributed by atoms with Crippen LogP contribution in [-0.4, -0.2) is 39.2 Å². The molecule has 6 nitrogen and oxygen atoms in total. The molecule has 1 aliphatic heterocycles. The predicted octanol–water partition coefficient (Wildman–Crippen LogP) is 3.31. The lowest BCUT2D eigenvalue weighted by molar-refractivity contribution is 0.0875. The van der Waals surface area contributed by atoms with Gasteiger partial charge in [0.15, 0.2) is 11.6 Å². The van der Waals surface area contributed by atoms with Crippen LogP contribution in [0.4, 0.5) is 4.39 Å². The molecule has 1 aromatic carbocycles. The van der Waals surface area contributed by atoms with E-state index in [0.29, 0.717) is 29.7 Å². The average Bonchev–Trinajstić information content (AvgIpc) is 3.14. The second kappa shape index (κ2) is 7.61. The van der Waals surface area contributed by atoms with Gasteiger partial charge >= 0.3 is 0 Å². The number of hydrogen-bond donors (Lipinski definition) is 0. The smallest absolute Gasteiger partial charge is 0.241 e. The Kier molecular flexibility index (Phi) is 4.88. The summed E-state index contributed by atoms with van der Waals surface area (Å²) in [5.74, 6) is 1.07. The summed E-state index contributed by atoms with van der Waals surface area (Å²) in [4.78, 5) is 10.9. The first-order valence-corrected chi connectivity index (χ1v) is 8.65. The third kappa shape index (κ3) is 3.88. The van der Waals surface area contributed by atoms with Gasteiger partial charge in [-0.25, -0.2) is 4.39 Å². The van der Waals surface area contributed by atoms with Gasteiger partial charge < -0.3 is 9.26 Å². The van der Waals surface area contributed by atoms with Gasteiger partial charge in [-0.3, -0.25) is 9.88 Å². The van der Waals surface area contributed by atoms with E-state index in [1.165, 1.54) is 6.07 Å². The van der Waals surface area contributed by atoms with Gasteiger partial charge in [-0.15, -0.1) is 0 Å². The number of rotatable bonds is 5. The summed E-state index contributed by atoms with van der Waals surface area (Å²) in [5.41, 5.74) is 0.694. The molecular weight excluding hydrogens is 335 g/mol. The minimum atomic E-state index is -0.317. The molecule has 0 spiro atoms. The van der Waals surface area contributed by atoms with Crippen LogP contribution >= 0.6 is 0 Å². The normalized spacial score (nSPS) is 15.9. The quantitative estimate of drug-likeness (QED) is 0.700. The SMILES string of the molecule is Fc1ccccc1OC1CCN(Cc2nc(-c3ccccn3)no2)CC1. The second-order valence-electron chi connectivity index (χ2n) is 6.25. The van der Waals surface area contributed by atoms with Crippen molar-refractivity contribution in [1.29, 1.82) is 0 Å². The number of likely N-dealkylation sites (tertiary alicyclic amines) is 1. The van der Waals surface area contributed by atoms with E-state index in [2.05, 4.69) is 20.0 Å². The highest BCUT2D eigenvalue weighted by Gasteiger charge is 2.23. The number of halogens is 1. The maximum Gasteiger partial charge on any atom is 0.241 e. The van der Waals surface area contributed by atoms with Crippen molar-refractivity contribution < 1.29 is 13.7 Å². The van der Waals surface area contributed by atoms with Crippen molar-refractivity contribution in [2.75, 3.05) is 13.1 Å². The molecular formula is C19H19FN4O2. The zero-order valence-corrected chi connectivity index (χ0v) is 14.2. The predicted molar refractivity (Wildman–Crippen MR) is 92.9 cm³/mol. The second-order valence-corrected chi connectivity index (χ2v) is 6.25. The highest BCUT2D eigenvalue weighted by molar-refractivity contribution is 5.46. The molecule has 0 saturated carbocycles. The Morgan fingerprint density at radius 2 is 1.92 bits per heavy atom. The molecule has 0 radical (unpaired) electrons. The Hall–Kier alpha value is -2.80. The van der Waals surface area contributed by atoms with Crippen molar-refractivity contribution in [2.24, 2.45) is 0 Å². The van der Waals surface area contributed by atoms with Gasteiger partial charge in [0, 0.05) is 19.3 Å². The zero-order valence-electron chi connectivity index (χ0n) is 14.2. The maximum absolute atomic E-state index is 13.7. The highest BCUT2D eigenvalue weighted by Crippen LogP contribution is 2.22. The van der Waals surface area contributed by atoms with Gasteiger partial charge in [0.2, 0.25) is 11.7 Å². The Bertz CT molecular complexity index is 848. The molecule has 26 heavy (non-hydrogen) atoms. The Balaban J connectivity index is 1.30. The molecule has 0 unspecified atom stereocenters. The van der Waals surface area contributed by atoms with Gasteiger partial charge in [0.05, 0.1) is 6.54 Å². The van der Waals surface area contributed by atoms with Crippen LogP contribution in [0, 0.1) is 5.82 Å². The number of pyridine rings is 1. The summed E-state index contributed by atoms with van der Waals surface area (Å²) in [7, 11) is 0. The van der Waals surface area contributed by atoms with Crippen molar-refractivity contribution in [3.05, 3.63) is 60.4 Å². The first-order valence-electron chi connectivity index (χ1n) is 8.65. The molecule has 2 aromatic heterocycles. The molecule has 1 fully saturated rings. The van der Waals surface area contributed by atoms with Crippen molar-refractivity contribution in [2.45, 2.75) is 25.5 Å². The first-order chi connectivity index (χ1) is 12.8. The van der Waals surface area contributed by atoms with E-state index in [1.807, 2.05) is 18.2 Å². The van der Waals surface area contributed by atoms with Crippen LogP contribution in [0.1, 0.15) is 18.7 Å². The van der Waals surface area contributed by atoms with E-state index >= 15 is 0 Å². The fraction of sp³-hybridized carbons (Fsp3) is 0.316. The number of aromatic nitrogens is 3. The molecule has 0 amide bonds. The molecule has 0 bridgehead atoms. The van der Waals surface area contributed by atoms with Crippen molar-refractivity contribution >= 4 is 0 Å². The fourth-order valence-electron chi connectivity index (χ4n) is 3.01. The van der Waals surface area contributed by atoms with Crippen LogP contribution in [0.2, 0.25) is 0 Å². The molecule has 3 aromatic rings. The summed E-state index contributed by atoms with van der Waals surface area (Å²) >= 11 is 0. The number of nitrogens with zero attached hydrogens (tertiary/aromatic N) is 4. The van der Waals surface area contributed by atoms with Crippen molar-refractivity contribution in [3.63, 3.8) is 0 Å². The van der Waals surface area contributed by atoms with E-state index in [1.54, 1.807) is 24.4 Å². The lowest BCUT2D eigenvalue weighted by atomic mass is 10.1. The highest BCUT2D eigenvalue weighted by atomic mass is 19.1. The molecule has 1 aliphatic rings. The van der Waals surface area contributed by atoms with Crippen LogP contribution in [0.3, 0.4) is 0 Å². The summed E-state index contributed by atoms with van der Waals surface area (Å²) < 4.78 is 24.8. The van der Waals surface area contributed by atoms with Crippen LogP contribution in [-0.2, 0) is 6.54 Å². The molecule has 134 valence electrons. The van der Waals surface area contributed by atoms with E-state index < -0.39 is 0 Å². The van der Waals surface area contributed by atoms with E-state index in [0.717, 1.165) is 25.9 Å². The van der Waals surface area contributed by atoms with Crippen LogP contribution in [0.15, 0.2) is 53.2 Å². The number of piperidine rings is 1. The third-order valence-electron chi connectivity index (χ3n) is 4.39. The maximum atomic E-state index is 13.7. The standard InChI is InChI=1S/C19H19FN4O2/c20-15-5-1-2-7-17(15)25-14-8-11-24(12-9-14)13-18-22-19(23-26-18)16-6-3-4-10-21-16/h1-7,10,14H,8-9,11-13H2. The number of ether oxygens (including phenoxy) is 1. The molecule has 1 saturated heterocycles. The molecule has 0 aliphatic carbocycles. The molecule has 0 N–H and O–H groups in total. The number of benzene rings is 1. The van der Waals surface area contributed by atoms with Crippen LogP contribution in [0.25, 0.3) is 11.5 Å². The number of hydrogen-bond acceptors (Lipinski definition) is 6. The molecule has 7 heteroatoms. The van der Waals surface area contributed by atoms with E-state index in [-0.39, 0.29) is 11.9 Å². The molecule has 3 heterocycles. The lowest BCUT2D eigenvalue weighted by Crippen LogP contribution is -2.38. The third-order valence-corrected chi connectivity index (χ3v) is 4.39.